The lowest BCUT2D eigenvalue weighted by Gasteiger charge is -2.28. The van der Waals surface area contributed by atoms with Crippen LogP contribution < -0.4 is 0 Å². The summed E-state index contributed by atoms with van der Waals surface area (Å²) < 4.78 is 10.4. The summed E-state index contributed by atoms with van der Waals surface area (Å²) in [6.07, 6.45) is 10.1. The van der Waals surface area contributed by atoms with E-state index in [1.165, 1.54) is 25.7 Å². The molecule has 2 unspecified atom stereocenters. The third-order valence-electron chi connectivity index (χ3n) is 4.45. The van der Waals surface area contributed by atoms with E-state index in [0.29, 0.717) is 19.4 Å². The van der Waals surface area contributed by atoms with Gasteiger partial charge in [-0.2, -0.15) is 0 Å². The van der Waals surface area contributed by atoms with E-state index < -0.39 is 5.92 Å². The Morgan fingerprint density at radius 1 is 0.870 bits per heavy atom. The fourth-order valence-corrected chi connectivity index (χ4v) is 3.11. The number of carbonyl (C=O) groups is 2. The Hall–Kier alpha value is -1.10. The predicted molar refractivity (Wildman–Crippen MR) is 87.8 cm³/mol. The predicted octanol–water partition coefficient (Wildman–Crippen LogP) is 3.23. The van der Waals surface area contributed by atoms with Crippen LogP contribution in [0.25, 0.3) is 0 Å². The molecule has 1 aliphatic rings. The van der Waals surface area contributed by atoms with Crippen molar-refractivity contribution in [3.63, 3.8) is 0 Å². The lowest BCUT2D eigenvalue weighted by atomic mass is 9.79. The van der Waals surface area contributed by atoms with E-state index in [1.807, 2.05) is 0 Å². The summed E-state index contributed by atoms with van der Waals surface area (Å²) in [6.45, 7) is 2.44. The zero-order chi connectivity index (χ0) is 16.9. The van der Waals surface area contributed by atoms with Crippen molar-refractivity contribution < 1.29 is 24.2 Å². The first kappa shape index (κ1) is 19.9. The number of hydrogen-bond acceptors (Lipinski definition) is 5. The van der Waals surface area contributed by atoms with Gasteiger partial charge in [-0.05, 0) is 19.3 Å². The van der Waals surface area contributed by atoms with Crippen molar-refractivity contribution in [1.82, 2.24) is 0 Å². The molecule has 0 heterocycles. The fraction of sp³-hybridized carbons (Fsp3) is 0.889. The van der Waals surface area contributed by atoms with Crippen molar-refractivity contribution in [3.8, 4) is 0 Å². The maximum absolute atomic E-state index is 12.2. The topological polar surface area (TPSA) is 72.8 Å². The Kier molecular flexibility index (Phi) is 10.7. The minimum Gasteiger partial charge on any atom is -0.465 e. The molecular weight excluding hydrogens is 296 g/mol. The smallest absolute Gasteiger partial charge is 0.309 e. The first-order valence-electron chi connectivity index (χ1n) is 9.14. The molecule has 0 spiro atoms. The van der Waals surface area contributed by atoms with Crippen LogP contribution in [0, 0.1) is 11.8 Å². The van der Waals surface area contributed by atoms with E-state index in [1.54, 1.807) is 0 Å². The molecule has 0 radical (unpaired) electrons. The van der Waals surface area contributed by atoms with Crippen LogP contribution in [-0.2, 0) is 19.1 Å². The van der Waals surface area contributed by atoms with Gasteiger partial charge in [0.2, 0.25) is 0 Å². The number of aliphatic hydroxyl groups excluding tert-OH is 1. The average molecular weight is 328 g/mol. The van der Waals surface area contributed by atoms with Gasteiger partial charge < -0.3 is 14.6 Å². The van der Waals surface area contributed by atoms with Crippen LogP contribution in [0.5, 0.6) is 0 Å². The highest BCUT2D eigenvalue weighted by atomic mass is 16.5. The molecule has 1 rings (SSSR count). The van der Waals surface area contributed by atoms with Crippen LogP contribution >= 0.6 is 0 Å². The molecule has 1 fully saturated rings. The highest BCUT2D eigenvalue weighted by Gasteiger charge is 2.37. The Morgan fingerprint density at radius 3 is 1.96 bits per heavy atom. The maximum Gasteiger partial charge on any atom is 0.309 e. The van der Waals surface area contributed by atoms with Crippen LogP contribution in [0.2, 0.25) is 0 Å². The van der Waals surface area contributed by atoms with Crippen LogP contribution in [0.15, 0.2) is 0 Å². The molecule has 23 heavy (non-hydrogen) atoms. The van der Waals surface area contributed by atoms with Gasteiger partial charge >= 0.3 is 11.9 Å². The average Bonchev–Trinajstić information content (AvgIpc) is 2.58. The van der Waals surface area contributed by atoms with Crippen LogP contribution in [0.4, 0.5) is 0 Å². The lowest BCUT2D eigenvalue weighted by molar-refractivity contribution is -0.163. The Labute approximate surface area is 139 Å². The quantitative estimate of drug-likeness (QED) is 0.465. The summed E-state index contributed by atoms with van der Waals surface area (Å²) in [7, 11) is 0. The number of rotatable bonds is 11. The summed E-state index contributed by atoms with van der Waals surface area (Å²) in [6, 6.07) is 0. The van der Waals surface area contributed by atoms with Crippen molar-refractivity contribution in [2.45, 2.75) is 71.1 Å². The van der Waals surface area contributed by atoms with E-state index >= 15 is 0 Å². The lowest BCUT2D eigenvalue weighted by Crippen LogP contribution is -2.35. The minimum absolute atomic E-state index is 0.00510. The molecule has 0 aliphatic heterocycles. The standard InChI is InChI=1S/C18H32O5/c1-2-3-4-5-6-9-13-22-17(20)15-10-7-8-11-16(15)18(21)23-14-12-19/h15-16,19H,2-14H2,1H3. The second kappa shape index (κ2) is 12.3. The van der Waals surface area contributed by atoms with Gasteiger partial charge in [0.1, 0.15) is 6.61 Å². The number of hydrogen-bond donors (Lipinski definition) is 1. The van der Waals surface area contributed by atoms with Gasteiger partial charge in [0.05, 0.1) is 25.0 Å². The normalized spacial score (nSPS) is 21.0. The van der Waals surface area contributed by atoms with E-state index in [4.69, 9.17) is 14.6 Å². The highest BCUT2D eigenvalue weighted by Crippen LogP contribution is 2.32. The second-order valence-electron chi connectivity index (χ2n) is 6.32. The molecule has 2 atom stereocenters. The first-order valence-corrected chi connectivity index (χ1v) is 9.14. The Bertz CT molecular complexity index is 342. The summed E-state index contributed by atoms with van der Waals surface area (Å²) in [5.41, 5.74) is 0. The Balaban J connectivity index is 2.29. The molecule has 0 aromatic rings. The third kappa shape index (κ3) is 7.82. The highest BCUT2D eigenvalue weighted by molar-refractivity contribution is 5.82. The van der Waals surface area contributed by atoms with Crippen molar-refractivity contribution in [2.24, 2.45) is 11.8 Å². The van der Waals surface area contributed by atoms with Crippen LogP contribution in [-0.4, -0.2) is 36.9 Å². The summed E-state index contributed by atoms with van der Waals surface area (Å²) in [5.74, 6) is -1.42. The van der Waals surface area contributed by atoms with Gasteiger partial charge in [0.25, 0.3) is 0 Å². The zero-order valence-corrected chi connectivity index (χ0v) is 14.4. The van der Waals surface area contributed by atoms with Gasteiger partial charge in [0, 0.05) is 0 Å². The van der Waals surface area contributed by atoms with Crippen molar-refractivity contribution in [1.29, 1.82) is 0 Å². The molecule has 5 heteroatoms. The molecular formula is C18H32O5. The first-order chi connectivity index (χ1) is 11.2. The molecule has 0 aromatic heterocycles. The second-order valence-corrected chi connectivity index (χ2v) is 6.32. The monoisotopic (exact) mass is 328 g/mol. The number of ether oxygens (including phenoxy) is 2. The molecule has 5 nitrogen and oxygen atoms in total. The molecule has 0 saturated heterocycles. The van der Waals surface area contributed by atoms with Crippen LogP contribution in [0.1, 0.15) is 71.1 Å². The third-order valence-corrected chi connectivity index (χ3v) is 4.45. The molecule has 0 amide bonds. The van der Waals surface area contributed by atoms with E-state index in [-0.39, 0.29) is 31.1 Å². The van der Waals surface area contributed by atoms with Gasteiger partial charge in [-0.25, -0.2) is 0 Å². The molecule has 1 saturated carbocycles. The number of carbonyl (C=O) groups excluding carboxylic acids is 2. The zero-order valence-electron chi connectivity index (χ0n) is 14.4. The number of aliphatic hydroxyl groups is 1. The van der Waals surface area contributed by atoms with Crippen molar-refractivity contribution in [2.75, 3.05) is 19.8 Å². The molecule has 1 aliphatic carbocycles. The number of esters is 2. The van der Waals surface area contributed by atoms with E-state index in [2.05, 4.69) is 6.92 Å². The molecule has 1 N–H and O–H groups in total. The molecule has 0 aromatic carbocycles. The van der Waals surface area contributed by atoms with E-state index in [9.17, 15) is 9.59 Å². The van der Waals surface area contributed by atoms with Gasteiger partial charge in [0.15, 0.2) is 0 Å². The molecule has 134 valence electrons. The summed E-state index contributed by atoms with van der Waals surface area (Å²) in [5, 5.41) is 8.74. The van der Waals surface area contributed by atoms with Crippen molar-refractivity contribution in [3.05, 3.63) is 0 Å². The van der Waals surface area contributed by atoms with Gasteiger partial charge in [-0.15, -0.1) is 0 Å². The van der Waals surface area contributed by atoms with Crippen LogP contribution in [0.3, 0.4) is 0 Å². The SMILES string of the molecule is CCCCCCCCOC(=O)C1CCCCC1C(=O)OCCO. The Morgan fingerprint density at radius 2 is 1.39 bits per heavy atom. The van der Waals surface area contributed by atoms with E-state index in [0.717, 1.165) is 25.7 Å². The van der Waals surface area contributed by atoms with Gasteiger partial charge in [-0.3, -0.25) is 9.59 Å². The fourth-order valence-electron chi connectivity index (χ4n) is 3.11. The number of unbranched alkanes of at least 4 members (excludes halogenated alkanes) is 5. The largest absolute Gasteiger partial charge is 0.465 e. The maximum atomic E-state index is 12.2. The van der Waals surface area contributed by atoms with Crippen molar-refractivity contribution >= 4 is 11.9 Å². The minimum atomic E-state index is -0.410. The van der Waals surface area contributed by atoms with Gasteiger partial charge in [-0.1, -0.05) is 51.9 Å². The molecule has 0 bridgehead atoms. The summed E-state index contributed by atoms with van der Waals surface area (Å²) >= 11 is 0. The summed E-state index contributed by atoms with van der Waals surface area (Å²) in [4.78, 5) is 24.2.